The molecule has 1 aromatic heterocycles. The summed E-state index contributed by atoms with van der Waals surface area (Å²) in [5, 5.41) is 14.7. The summed E-state index contributed by atoms with van der Waals surface area (Å²) >= 11 is 1.57. The number of aromatic hydroxyl groups is 1. The monoisotopic (exact) mass is 745 g/mol. The molecule has 0 spiro atoms. The first kappa shape index (κ1) is 37.2. The van der Waals surface area contributed by atoms with Gasteiger partial charge in [-0.25, -0.2) is 0 Å². The molecule has 2 fully saturated rings. The highest BCUT2D eigenvalue weighted by Crippen LogP contribution is 2.51. The number of phenols is 1. The van der Waals surface area contributed by atoms with E-state index in [9.17, 15) is 14.7 Å². The van der Waals surface area contributed by atoms with E-state index in [1.165, 1.54) is 26.4 Å². The summed E-state index contributed by atoms with van der Waals surface area (Å²) < 4.78 is 14.2. The Hall–Kier alpha value is -4.08. The molecule has 3 aliphatic rings. The third-order valence-electron chi connectivity index (χ3n) is 11.5. The van der Waals surface area contributed by atoms with Gasteiger partial charge in [0.25, 0.3) is 8.32 Å². The van der Waals surface area contributed by atoms with Gasteiger partial charge in [-0.2, -0.15) is 0 Å². The SMILES string of the molecule is CCC/C(=C\c1ccccc1O)CC[C@H]1OC[C@H]2C1=C(CO[Si](c1ccccc1)(c1ccccc1)C(C)(C)C)C[C@H]1C(=O)N(Cc3cccs3)C(=O)[C@H]12. The first-order chi connectivity index (χ1) is 25.6. The molecule has 0 saturated carbocycles. The summed E-state index contributed by atoms with van der Waals surface area (Å²) in [7, 11) is -2.88. The van der Waals surface area contributed by atoms with E-state index in [4.69, 9.17) is 9.16 Å². The van der Waals surface area contributed by atoms with E-state index in [0.717, 1.165) is 41.7 Å². The van der Waals surface area contributed by atoms with Gasteiger partial charge in [0.05, 0.1) is 37.7 Å². The number of amides is 2. The lowest BCUT2D eigenvalue weighted by atomic mass is 9.69. The zero-order valence-corrected chi connectivity index (χ0v) is 33.1. The number of imide groups is 1. The summed E-state index contributed by atoms with van der Waals surface area (Å²) in [4.78, 5) is 30.9. The first-order valence-corrected chi connectivity index (χ1v) is 21.8. The van der Waals surface area contributed by atoms with E-state index >= 15 is 0 Å². The molecule has 0 radical (unpaired) electrons. The number of hydrogen-bond acceptors (Lipinski definition) is 6. The summed E-state index contributed by atoms with van der Waals surface area (Å²) in [6.07, 6.45) is 5.90. The van der Waals surface area contributed by atoms with Crippen LogP contribution in [-0.4, -0.2) is 49.5 Å². The van der Waals surface area contributed by atoms with Crippen LogP contribution in [0.4, 0.5) is 0 Å². The number of para-hydroxylation sites is 1. The minimum absolute atomic E-state index is 0.0711. The van der Waals surface area contributed by atoms with Crippen molar-refractivity contribution in [1.82, 2.24) is 4.90 Å². The average Bonchev–Trinajstić information content (AvgIpc) is 3.89. The fourth-order valence-electron chi connectivity index (χ4n) is 9.08. The lowest BCUT2D eigenvalue weighted by molar-refractivity contribution is -0.140. The van der Waals surface area contributed by atoms with Crippen molar-refractivity contribution in [2.24, 2.45) is 17.8 Å². The molecule has 4 aromatic rings. The maximum atomic E-state index is 14.2. The summed E-state index contributed by atoms with van der Waals surface area (Å²) in [6.45, 7) is 10.1. The number of carbonyl (C=O) groups excluding carboxylic acids is 2. The molecule has 0 bridgehead atoms. The van der Waals surface area contributed by atoms with Crippen LogP contribution in [0.15, 0.2) is 119 Å². The van der Waals surface area contributed by atoms with Crippen LogP contribution in [0.25, 0.3) is 6.08 Å². The maximum absolute atomic E-state index is 14.2. The molecular weight excluding hydrogens is 695 g/mol. The molecule has 2 amide bonds. The van der Waals surface area contributed by atoms with Crippen LogP contribution in [0.5, 0.6) is 5.75 Å². The van der Waals surface area contributed by atoms with Crippen LogP contribution < -0.4 is 10.4 Å². The molecule has 4 atom stereocenters. The number of ether oxygens (including phenoxy) is 1. The third kappa shape index (κ3) is 7.27. The lowest BCUT2D eigenvalue weighted by Gasteiger charge is -2.44. The quantitative estimate of drug-likeness (QED) is 0.0844. The van der Waals surface area contributed by atoms with Crippen LogP contribution in [0.3, 0.4) is 0 Å². The van der Waals surface area contributed by atoms with E-state index < -0.39 is 20.2 Å². The fraction of sp³-hybridized carbons (Fsp3) is 0.378. The number of benzene rings is 3. The van der Waals surface area contributed by atoms with Crippen molar-refractivity contribution in [3.63, 3.8) is 0 Å². The number of carbonyl (C=O) groups is 2. The van der Waals surface area contributed by atoms with Crippen molar-refractivity contribution in [3.8, 4) is 5.75 Å². The van der Waals surface area contributed by atoms with Crippen molar-refractivity contribution < 1.29 is 23.9 Å². The van der Waals surface area contributed by atoms with Gasteiger partial charge >= 0.3 is 0 Å². The predicted molar refractivity (Wildman–Crippen MR) is 216 cm³/mol. The van der Waals surface area contributed by atoms with Gasteiger partial charge in [0.2, 0.25) is 11.8 Å². The van der Waals surface area contributed by atoms with Crippen LogP contribution in [0.2, 0.25) is 5.04 Å². The molecule has 2 aliphatic heterocycles. The Morgan fingerprint density at radius 3 is 2.21 bits per heavy atom. The molecule has 6 nitrogen and oxygen atoms in total. The topological polar surface area (TPSA) is 76.1 Å². The van der Waals surface area contributed by atoms with E-state index in [1.807, 2.05) is 35.7 Å². The zero-order valence-electron chi connectivity index (χ0n) is 31.3. The van der Waals surface area contributed by atoms with Crippen molar-refractivity contribution in [1.29, 1.82) is 0 Å². The molecule has 3 heterocycles. The number of fused-ring (bicyclic) bond motifs is 3. The van der Waals surface area contributed by atoms with Gasteiger partial charge in [0.15, 0.2) is 0 Å². The number of thiophene rings is 1. The summed E-state index contributed by atoms with van der Waals surface area (Å²) in [6, 6.07) is 32.7. The Bertz CT molecular complexity index is 1930. The van der Waals surface area contributed by atoms with Crippen molar-refractivity contribution in [3.05, 3.63) is 130 Å². The van der Waals surface area contributed by atoms with Crippen LogP contribution in [0.1, 0.15) is 70.2 Å². The highest BCUT2D eigenvalue weighted by Gasteiger charge is 2.58. The van der Waals surface area contributed by atoms with Gasteiger partial charge in [0.1, 0.15) is 5.75 Å². The van der Waals surface area contributed by atoms with Gasteiger partial charge in [-0.3, -0.25) is 14.5 Å². The number of phenolic OH excluding ortho intramolecular Hbond substituents is 1. The van der Waals surface area contributed by atoms with E-state index in [-0.39, 0.29) is 34.6 Å². The lowest BCUT2D eigenvalue weighted by Crippen LogP contribution is -2.66. The van der Waals surface area contributed by atoms with Crippen molar-refractivity contribution in [2.45, 2.75) is 77.5 Å². The van der Waals surface area contributed by atoms with Gasteiger partial charge in [-0.05, 0) is 69.8 Å². The molecular formula is C45H51NO5SSi. The maximum Gasteiger partial charge on any atom is 0.261 e. The first-order valence-electron chi connectivity index (χ1n) is 19.1. The smallest absolute Gasteiger partial charge is 0.261 e. The van der Waals surface area contributed by atoms with E-state index in [0.29, 0.717) is 26.2 Å². The normalized spacial score (nSPS) is 22.0. The number of nitrogens with zero attached hydrogens (tertiary/aromatic N) is 1. The number of rotatable bonds is 13. The minimum Gasteiger partial charge on any atom is -0.507 e. The largest absolute Gasteiger partial charge is 0.507 e. The third-order valence-corrected chi connectivity index (χ3v) is 17.3. The molecule has 7 rings (SSSR count). The summed E-state index contributed by atoms with van der Waals surface area (Å²) in [5.41, 5.74) is 4.37. The molecule has 0 unspecified atom stereocenters. The molecule has 53 heavy (non-hydrogen) atoms. The molecule has 2 saturated heterocycles. The Morgan fingerprint density at radius 2 is 1.58 bits per heavy atom. The standard InChI is InChI=1S/C45H51NO5SSi/c1-5-15-31(26-32-16-12-13-22-39(32)47)23-24-40-41-33(27-37-42(38(41)30-50-40)44(49)46(43(37)48)28-34-17-14-25-52-34)29-51-53(45(2,3)4,35-18-8-6-9-19-35)36-20-10-7-11-21-36/h6-14,16-22,25-26,37-38,40,42,47H,5,15,23-24,27-30H2,1-4H3/b31-26+/t37-,38+,40-,42-/m1/s1. The van der Waals surface area contributed by atoms with Gasteiger partial charge in [0, 0.05) is 16.4 Å². The number of hydrogen-bond donors (Lipinski definition) is 1. The highest BCUT2D eigenvalue weighted by atomic mass is 32.1. The summed E-state index contributed by atoms with van der Waals surface area (Å²) in [5.74, 6) is -0.886. The second-order valence-corrected chi connectivity index (χ2v) is 21.1. The molecule has 8 heteroatoms. The molecule has 3 aromatic carbocycles. The van der Waals surface area contributed by atoms with Crippen molar-refractivity contribution in [2.75, 3.05) is 13.2 Å². The van der Waals surface area contributed by atoms with Crippen LogP contribution >= 0.6 is 11.3 Å². The second-order valence-electron chi connectivity index (χ2n) is 15.8. The Labute approximate surface area is 319 Å². The number of allylic oxidation sites excluding steroid dienone is 1. The Balaban J connectivity index is 1.26. The fourth-order valence-corrected chi connectivity index (χ4v) is 14.3. The van der Waals surface area contributed by atoms with Crippen LogP contribution in [0, 0.1) is 17.8 Å². The molecule has 276 valence electrons. The second kappa shape index (κ2) is 15.7. The highest BCUT2D eigenvalue weighted by molar-refractivity contribution is 7.09. The van der Waals surface area contributed by atoms with Gasteiger partial charge < -0.3 is 14.3 Å². The minimum atomic E-state index is -2.88. The van der Waals surface area contributed by atoms with Crippen molar-refractivity contribution >= 4 is 47.9 Å². The van der Waals surface area contributed by atoms with Crippen LogP contribution in [-0.2, 0) is 25.3 Å². The average molecular weight is 746 g/mol. The van der Waals surface area contributed by atoms with E-state index in [2.05, 4.69) is 94.4 Å². The zero-order chi connectivity index (χ0) is 37.2. The molecule has 1 N–H and O–H groups in total. The van der Waals surface area contributed by atoms with Gasteiger partial charge in [-0.15, -0.1) is 11.3 Å². The Kier molecular flexibility index (Phi) is 11.0. The molecule has 1 aliphatic carbocycles. The van der Waals surface area contributed by atoms with E-state index in [1.54, 1.807) is 17.4 Å². The predicted octanol–water partition coefficient (Wildman–Crippen LogP) is 8.51. The Morgan fingerprint density at radius 1 is 0.906 bits per heavy atom. The number of likely N-dealkylation sites (tertiary alicyclic amines) is 1. The van der Waals surface area contributed by atoms with Gasteiger partial charge in [-0.1, -0.05) is 131 Å².